The smallest absolute Gasteiger partial charge is 0.303 e. The van der Waals surface area contributed by atoms with Crippen molar-refractivity contribution in [3.63, 3.8) is 0 Å². The van der Waals surface area contributed by atoms with E-state index in [-0.39, 0.29) is 29.2 Å². The summed E-state index contributed by atoms with van der Waals surface area (Å²) in [5.74, 6) is -1.68. The van der Waals surface area contributed by atoms with Crippen molar-refractivity contribution in [2.75, 3.05) is 11.2 Å². The maximum Gasteiger partial charge on any atom is 0.303 e. The second-order valence-electron chi connectivity index (χ2n) is 7.90. The number of carbonyl (C=O) groups is 1. The predicted molar refractivity (Wildman–Crippen MR) is 109 cm³/mol. The summed E-state index contributed by atoms with van der Waals surface area (Å²) >= 11 is 5.98. The molecule has 0 amide bonds. The van der Waals surface area contributed by atoms with Gasteiger partial charge in [-0.05, 0) is 54.2 Å². The lowest BCUT2D eigenvalue weighted by molar-refractivity contribution is -0.138. The van der Waals surface area contributed by atoms with Gasteiger partial charge >= 0.3 is 5.97 Å². The van der Waals surface area contributed by atoms with Gasteiger partial charge in [-0.3, -0.25) is 4.79 Å². The maximum absolute atomic E-state index is 14.3. The molecule has 0 radical (unpaired) electrons. The monoisotopic (exact) mass is 437 g/mol. The van der Waals surface area contributed by atoms with E-state index in [1.807, 2.05) is 17.0 Å². The molecule has 0 saturated heterocycles. The lowest BCUT2D eigenvalue weighted by Crippen LogP contribution is -2.37. The van der Waals surface area contributed by atoms with Crippen LogP contribution in [0.2, 0.25) is 5.02 Å². The molecule has 3 atom stereocenters. The molecular formula is C21H21ClFNO4S. The zero-order chi connectivity index (χ0) is 20.9. The lowest BCUT2D eigenvalue weighted by atomic mass is 9.93. The van der Waals surface area contributed by atoms with Crippen molar-refractivity contribution in [1.29, 1.82) is 0 Å². The van der Waals surface area contributed by atoms with Crippen molar-refractivity contribution in [2.24, 2.45) is 5.92 Å². The van der Waals surface area contributed by atoms with Gasteiger partial charge in [-0.1, -0.05) is 23.7 Å². The van der Waals surface area contributed by atoms with Crippen LogP contribution in [-0.2, 0) is 21.2 Å². The Labute approximate surface area is 174 Å². The fourth-order valence-electron chi connectivity index (χ4n) is 4.91. The summed E-state index contributed by atoms with van der Waals surface area (Å²) < 4.78 is 39.2. The Balaban J connectivity index is 1.86. The third kappa shape index (κ3) is 3.73. The molecule has 3 unspecified atom stereocenters. The third-order valence-corrected chi connectivity index (χ3v) is 7.32. The molecule has 1 aliphatic heterocycles. The molecule has 0 bridgehead atoms. The molecule has 5 nitrogen and oxygen atoms in total. The van der Waals surface area contributed by atoms with Crippen molar-refractivity contribution in [1.82, 2.24) is 0 Å². The van der Waals surface area contributed by atoms with Crippen molar-refractivity contribution in [3.05, 3.63) is 58.4 Å². The average molecular weight is 438 g/mol. The minimum atomic E-state index is -3.67. The molecule has 1 aliphatic carbocycles. The molecule has 1 heterocycles. The SMILES string of the molecule is CS(=O)(=O)c1cc(F)cc2c1N(Cc1ccc(Cl)cc1)C1C(CC(=O)O)CCC21. The largest absolute Gasteiger partial charge is 0.481 e. The third-order valence-electron chi connectivity index (χ3n) is 5.96. The van der Waals surface area contributed by atoms with Crippen LogP contribution in [0.5, 0.6) is 0 Å². The Hall–Kier alpha value is -2.12. The summed E-state index contributed by atoms with van der Waals surface area (Å²) in [6.07, 6.45) is 2.50. The number of aliphatic carboxylic acids is 1. The van der Waals surface area contributed by atoms with Gasteiger partial charge in [0.25, 0.3) is 0 Å². The normalized spacial score (nSPS) is 23.1. The van der Waals surface area contributed by atoms with Crippen LogP contribution in [0.4, 0.5) is 10.1 Å². The van der Waals surface area contributed by atoms with E-state index in [1.165, 1.54) is 6.07 Å². The van der Waals surface area contributed by atoms with Gasteiger partial charge in [0.2, 0.25) is 0 Å². The van der Waals surface area contributed by atoms with Gasteiger partial charge in [-0.2, -0.15) is 0 Å². The summed E-state index contributed by atoms with van der Waals surface area (Å²) in [4.78, 5) is 13.3. The van der Waals surface area contributed by atoms with E-state index in [4.69, 9.17) is 11.6 Å². The summed E-state index contributed by atoms with van der Waals surface area (Å²) in [7, 11) is -3.67. The second kappa shape index (κ2) is 7.29. The molecule has 2 aromatic carbocycles. The highest BCUT2D eigenvalue weighted by atomic mass is 35.5. The van der Waals surface area contributed by atoms with E-state index in [1.54, 1.807) is 12.1 Å². The first-order valence-electron chi connectivity index (χ1n) is 9.41. The Morgan fingerprint density at radius 1 is 1.24 bits per heavy atom. The fourth-order valence-corrected chi connectivity index (χ4v) is 5.95. The first-order chi connectivity index (χ1) is 13.6. The van der Waals surface area contributed by atoms with E-state index in [0.29, 0.717) is 35.7 Å². The number of fused-ring (bicyclic) bond motifs is 3. The molecule has 1 saturated carbocycles. The van der Waals surface area contributed by atoms with Crippen LogP contribution in [0.25, 0.3) is 0 Å². The van der Waals surface area contributed by atoms with E-state index in [2.05, 4.69) is 0 Å². The quantitative estimate of drug-likeness (QED) is 0.757. The highest BCUT2D eigenvalue weighted by Gasteiger charge is 2.49. The van der Waals surface area contributed by atoms with Gasteiger partial charge in [0.1, 0.15) is 5.82 Å². The number of hydrogen-bond acceptors (Lipinski definition) is 4. The first kappa shape index (κ1) is 20.2. The van der Waals surface area contributed by atoms with Gasteiger partial charge in [0.15, 0.2) is 9.84 Å². The Morgan fingerprint density at radius 2 is 1.93 bits per heavy atom. The Bertz CT molecular complexity index is 1070. The molecule has 1 N–H and O–H groups in total. The molecule has 0 spiro atoms. The number of hydrogen-bond donors (Lipinski definition) is 1. The number of sulfone groups is 1. The Kier molecular flexibility index (Phi) is 5.07. The standard InChI is InChI=1S/C21H21ClFNO4S/c1-29(27,28)18-10-15(23)9-17-16-7-4-13(8-19(25)26)20(16)24(21(17)18)11-12-2-5-14(22)6-3-12/h2-3,5-6,9-10,13,16,20H,4,7-8,11H2,1H3,(H,25,26). The zero-order valence-corrected chi connectivity index (χ0v) is 17.4. The number of carboxylic acid groups (broad SMARTS) is 1. The summed E-state index contributed by atoms with van der Waals surface area (Å²) in [6.45, 7) is 0.398. The molecule has 1 fully saturated rings. The van der Waals surface area contributed by atoms with Gasteiger partial charge in [-0.15, -0.1) is 0 Å². The number of carboxylic acids is 1. The Morgan fingerprint density at radius 3 is 2.55 bits per heavy atom. The second-order valence-corrected chi connectivity index (χ2v) is 10.3. The summed E-state index contributed by atoms with van der Waals surface area (Å²) in [6, 6.07) is 9.54. The highest BCUT2D eigenvalue weighted by molar-refractivity contribution is 7.90. The highest BCUT2D eigenvalue weighted by Crippen LogP contribution is 2.55. The first-order valence-corrected chi connectivity index (χ1v) is 11.7. The molecular weight excluding hydrogens is 417 g/mol. The number of benzene rings is 2. The molecule has 2 aromatic rings. The van der Waals surface area contributed by atoms with Crippen LogP contribution >= 0.6 is 11.6 Å². The number of halogens is 2. The minimum Gasteiger partial charge on any atom is -0.481 e. The van der Waals surface area contributed by atoms with Crippen LogP contribution in [0, 0.1) is 11.7 Å². The molecule has 154 valence electrons. The van der Waals surface area contributed by atoms with Crippen molar-refractivity contribution >= 4 is 33.1 Å². The summed E-state index contributed by atoms with van der Waals surface area (Å²) in [5.41, 5.74) is 2.09. The van der Waals surface area contributed by atoms with Gasteiger partial charge in [-0.25, -0.2) is 12.8 Å². The number of nitrogens with zero attached hydrogens (tertiary/aromatic N) is 1. The molecule has 4 rings (SSSR count). The van der Waals surface area contributed by atoms with Gasteiger partial charge in [0.05, 0.1) is 17.0 Å². The van der Waals surface area contributed by atoms with Crippen LogP contribution in [0.3, 0.4) is 0 Å². The fraction of sp³-hybridized carbons (Fsp3) is 0.381. The average Bonchev–Trinajstić information content (AvgIpc) is 3.15. The molecule has 29 heavy (non-hydrogen) atoms. The van der Waals surface area contributed by atoms with Crippen LogP contribution in [0.1, 0.15) is 36.3 Å². The van der Waals surface area contributed by atoms with E-state index in [9.17, 15) is 22.7 Å². The van der Waals surface area contributed by atoms with E-state index >= 15 is 0 Å². The summed E-state index contributed by atoms with van der Waals surface area (Å²) in [5, 5.41) is 9.95. The van der Waals surface area contributed by atoms with Crippen LogP contribution in [-0.4, -0.2) is 31.8 Å². The lowest BCUT2D eigenvalue weighted by Gasteiger charge is -2.32. The van der Waals surface area contributed by atoms with Crippen molar-refractivity contribution < 1.29 is 22.7 Å². The zero-order valence-electron chi connectivity index (χ0n) is 15.8. The van der Waals surface area contributed by atoms with Crippen molar-refractivity contribution in [3.8, 4) is 0 Å². The van der Waals surface area contributed by atoms with Crippen molar-refractivity contribution in [2.45, 2.75) is 42.7 Å². The molecule has 8 heteroatoms. The van der Waals surface area contributed by atoms with Gasteiger partial charge in [0, 0.05) is 29.8 Å². The minimum absolute atomic E-state index is 0.00294. The molecule has 2 aliphatic rings. The van der Waals surface area contributed by atoms with Crippen LogP contribution in [0.15, 0.2) is 41.3 Å². The van der Waals surface area contributed by atoms with E-state index in [0.717, 1.165) is 17.9 Å². The molecule has 0 aromatic heterocycles. The number of rotatable bonds is 5. The van der Waals surface area contributed by atoms with E-state index < -0.39 is 21.6 Å². The van der Waals surface area contributed by atoms with Gasteiger partial charge < -0.3 is 10.0 Å². The number of anilines is 1. The van der Waals surface area contributed by atoms with Crippen LogP contribution < -0.4 is 4.90 Å². The topological polar surface area (TPSA) is 74.7 Å². The predicted octanol–water partition coefficient (Wildman–Crippen LogP) is 4.24. The maximum atomic E-state index is 14.3.